The highest BCUT2D eigenvalue weighted by Gasteiger charge is 2.33. The van der Waals surface area contributed by atoms with Gasteiger partial charge in [0.15, 0.2) is 0 Å². The van der Waals surface area contributed by atoms with Gasteiger partial charge in [0.1, 0.15) is 5.69 Å². The third-order valence-electron chi connectivity index (χ3n) is 5.50. The van der Waals surface area contributed by atoms with Gasteiger partial charge in [-0.25, -0.2) is 0 Å². The summed E-state index contributed by atoms with van der Waals surface area (Å²) in [5.74, 6) is 0.0716. The Bertz CT molecular complexity index is 645. The molecule has 1 atom stereocenters. The lowest BCUT2D eigenvalue weighted by Crippen LogP contribution is -2.51. The smallest absolute Gasteiger partial charge is 0.273 e. The molecular weight excluding hydrogens is 370 g/mol. The molecule has 2 aliphatic heterocycles. The largest absolute Gasteiger partial charge is 0.383 e. The number of hydrogen-bond acceptors (Lipinski definition) is 5. The van der Waals surface area contributed by atoms with Crippen molar-refractivity contribution in [2.75, 3.05) is 46.4 Å². The fraction of sp³-hybridized carbons (Fsp3) is 0.722. The van der Waals surface area contributed by atoms with Gasteiger partial charge in [-0.1, -0.05) is 11.6 Å². The van der Waals surface area contributed by atoms with Crippen LogP contribution in [0.4, 0.5) is 0 Å². The number of ether oxygens (including phenoxy) is 1. The van der Waals surface area contributed by atoms with Gasteiger partial charge in [0, 0.05) is 39.3 Å². The molecule has 0 radical (unpaired) electrons. The summed E-state index contributed by atoms with van der Waals surface area (Å²) in [5.41, 5.74) is 0.362. The quantitative estimate of drug-likeness (QED) is 0.702. The molecule has 8 nitrogen and oxygen atoms in total. The first-order chi connectivity index (χ1) is 13.1. The summed E-state index contributed by atoms with van der Waals surface area (Å²) < 4.78 is 4.99. The van der Waals surface area contributed by atoms with Crippen LogP contribution in [-0.4, -0.2) is 84.3 Å². The summed E-state index contributed by atoms with van der Waals surface area (Å²) in [4.78, 5) is 29.1. The van der Waals surface area contributed by atoms with Crippen molar-refractivity contribution in [3.05, 3.63) is 16.9 Å². The number of nitrogens with zero attached hydrogens (tertiary/aromatic N) is 3. The Labute approximate surface area is 164 Å². The minimum atomic E-state index is -0.0926. The molecule has 1 aromatic rings. The summed E-state index contributed by atoms with van der Waals surface area (Å²) in [6.07, 6.45) is 5.24. The molecule has 0 aromatic carbocycles. The van der Waals surface area contributed by atoms with Gasteiger partial charge in [0.2, 0.25) is 5.91 Å². The van der Waals surface area contributed by atoms with Crippen LogP contribution in [0.5, 0.6) is 0 Å². The Kier molecular flexibility index (Phi) is 7.09. The van der Waals surface area contributed by atoms with Gasteiger partial charge in [0.05, 0.1) is 23.7 Å². The summed E-state index contributed by atoms with van der Waals surface area (Å²) in [5, 5.41) is 9.81. The van der Waals surface area contributed by atoms with Crippen molar-refractivity contribution >= 4 is 23.4 Å². The van der Waals surface area contributed by atoms with E-state index < -0.39 is 0 Å². The average Bonchev–Trinajstić information content (AvgIpc) is 3.13. The van der Waals surface area contributed by atoms with Gasteiger partial charge < -0.3 is 15.0 Å². The van der Waals surface area contributed by atoms with Crippen molar-refractivity contribution in [3.63, 3.8) is 0 Å². The summed E-state index contributed by atoms with van der Waals surface area (Å²) in [7, 11) is 1.63. The second-order valence-electron chi connectivity index (χ2n) is 7.23. The first-order valence-electron chi connectivity index (χ1n) is 9.59. The van der Waals surface area contributed by atoms with Crippen molar-refractivity contribution < 1.29 is 14.3 Å². The first-order valence-corrected chi connectivity index (χ1v) is 9.96. The van der Waals surface area contributed by atoms with Gasteiger partial charge in [-0.3, -0.25) is 19.6 Å². The van der Waals surface area contributed by atoms with Gasteiger partial charge in [-0.15, -0.1) is 0 Å². The molecule has 0 bridgehead atoms. The minimum absolute atomic E-state index is 0.0408. The van der Waals surface area contributed by atoms with E-state index in [2.05, 4.69) is 20.4 Å². The second kappa shape index (κ2) is 9.52. The zero-order chi connectivity index (χ0) is 19.2. The Morgan fingerprint density at radius 1 is 1.33 bits per heavy atom. The number of likely N-dealkylation sites (tertiary alicyclic amines) is 2. The molecular formula is C18H28ClN5O3. The Hall–Kier alpha value is -1.64. The molecule has 2 aliphatic rings. The van der Waals surface area contributed by atoms with E-state index in [-0.39, 0.29) is 17.7 Å². The van der Waals surface area contributed by atoms with Crippen LogP contribution >= 0.6 is 11.6 Å². The second-order valence-corrected chi connectivity index (χ2v) is 7.64. The molecule has 150 valence electrons. The van der Waals surface area contributed by atoms with E-state index in [0.29, 0.717) is 43.0 Å². The maximum atomic E-state index is 12.5. The van der Waals surface area contributed by atoms with E-state index in [1.54, 1.807) is 7.11 Å². The zero-order valence-electron chi connectivity index (χ0n) is 15.7. The van der Waals surface area contributed by atoms with Gasteiger partial charge in [-0.05, 0) is 32.2 Å². The van der Waals surface area contributed by atoms with E-state index >= 15 is 0 Å². The Morgan fingerprint density at radius 3 is 2.78 bits per heavy atom. The van der Waals surface area contributed by atoms with Gasteiger partial charge in [0.25, 0.3) is 5.91 Å². The summed E-state index contributed by atoms with van der Waals surface area (Å²) in [6.45, 7) is 4.30. The van der Waals surface area contributed by atoms with Crippen LogP contribution in [-0.2, 0) is 9.53 Å². The van der Waals surface area contributed by atoms with Crippen LogP contribution in [0.15, 0.2) is 6.20 Å². The van der Waals surface area contributed by atoms with Gasteiger partial charge in [-0.2, -0.15) is 5.10 Å². The number of carbonyl (C=O) groups excluding carboxylic acids is 2. The monoisotopic (exact) mass is 397 g/mol. The van der Waals surface area contributed by atoms with Crippen molar-refractivity contribution in [1.29, 1.82) is 0 Å². The van der Waals surface area contributed by atoms with Crippen molar-refractivity contribution in [2.24, 2.45) is 5.92 Å². The highest BCUT2D eigenvalue weighted by molar-refractivity contribution is 6.33. The molecule has 2 saturated heterocycles. The van der Waals surface area contributed by atoms with Crippen molar-refractivity contribution in [3.8, 4) is 0 Å². The lowest BCUT2D eigenvalue weighted by atomic mass is 9.93. The van der Waals surface area contributed by atoms with Crippen LogP contribution in [0.25, 0.3) is 0 Å². The number of amides is 2. The number of H-pyrrole nitrogens is 1. The molecule has 3 heterocycles. The molecule has 0 aliphatic carbocycles. The summed E-state index contributed by atoms with van der Waals surface area (Å²) >= 11 is 6.00. The Balaban J connectivity index is 1.48. The summed E-state index contributed by atoms with van der Waals surface area (Å²) in [6, 6.07) is 0.417. The van der Waals surface area contributed by atoms with Crippen molar-refractivity contribution in [1.82, 2.24) is 25.3 Å². The standard InChI is InChI=1S/C18H28ClN5O3/c1-27-10-6-20-17(25)13-3-2-7-24(12-13)14-4-8-23(9-5-14)18(26)16-15(19)11-21-22-16/h11,13-14H,2-10,12H2,1H3,(H,20,25)(H,21,22)/t13-/m0/s1. The number of methoxy groups -OCH3 is 1. The zero-order valence-corrected chi connectivity index (χ0v) is 16.5. The molecule has 1 aromatic heterocycles. The minimum Gasteiger partial charge on any atom is -0.383 e. The molecule has 2 fully saturated rings. The lowest BCUT2D eigenvalue weighted by Gasteiger charge is -2.42. The Morgan fingerprint density at radius 2 is 2.11 bits per heavy atom. The molecule has 0 unspecified atom stereocenters. The maximum Gasteiger partial charge on any atom is 0.273 e. The van der Waals surface area contributed by atoms with Crippen LogP contribution in [0.2, 0.25) is 5.02 Å². The SMILES string of the molecule is COCCNC(=O)[C@H]1CCCN(C2CCN(C(=O)c3[nH]ncc3Cl)CC2)C1. The molecule has 3 rings (SSSR count). The normalized spacial score (nSPS) is 22.0. The van der Waals surface area contributed by atoms with E-state index in [1.165, 1.54) is 6.20 Å². The molecule has 27 heavy (non-hydrogen) atoms. The third-order valence-corrected chi connectivity index (χ3v) is 5.79. The topological polar surface area (TPSA) is 90.6 Å². The number of rotatable bonds is 6. The highest BCUT2D eigenvalue weighted by Crippen LogP contribution is 2.25. The highest BCUT2D eigenvalue weighted by atomic mass is 35.5. The van der Waals surface area contributed by atoms with Crippen LogP contribution in [0.3, 0.4) is 0 Å². The number of nitrogens with one attached hydrogen (secondary N) is 2. The fourth-order valence-corrected chi connectivity index (χ4v) is 4.16. The van der Waals surface area contributed by atoms with Crippen LogP contribution in [0.1, 0.15) is 36.2 Å². The van der Waals surface area contributed by atoms with E-state index in [0.717, 1.165) is 38.8 Å². The number of halogens is 1. The number of piperidine rings is 2. The van der Waals surface area contributed by atoms with Crippen LogP contribution < -0.4 is 5.32 Å². The van der Waals surface area contributed by atoms with E-state index in [1.807, 2.05) is 4.90 Å². The number of aromatic nitrogens is 2. The molecule has 0 spiro atoms. The van der Waals surface area contributed by atoms with E-state index in [9.17, 15) is 9.59 Å². The predicted molar refractivity (Wildman–Crippen MR) is 102 cm³/mol. The van der Waals surface area contributed by atoms with Crippen LogP contribution in [0, 0.1) is 5.92 Å². The number of aromatic amines is 1. The molecule has 2 amide bonds. The van der Waals surface area contributed by atoms with E-state index in [4.69, 9.17) is 16.3 Å². The average molecular weight is 398 g/mol. The van der Waals surface area contributed by atoms with Crippen molar-refractivity contribution in [2.45, 2.75) is 31.7 Å². The molecule has 2 N–H and O–H groups in total. The van der Waals surface area contributed by atoms with Gasteiger partial charge >= 0.3 is 0 Å². The third kappa shape index (κ3) is 5.00. The fourth-order valence-electron chi connectivity index (χ4n) is 3.99. The first kappa shape index (κ1) is 20.1. The lowest BCUT2D eigenvalue weighted by molar-refractivity contribution is -0.127. The number of carbonyl (C=O) groups is 2. The molecule has 9 heteroatoms. The molecule has 0 saturated carbocycles. The maximum absolute atomic E-state index is 12.5. The number of hydrogen-bond donors (Lipinski definition) is 2. The predicted octanol–water partition coefficient (Wildman–Crippen LogP) is 1.14.